The molecule has 0 bridgehead atoms. The van der Waals surface area contributed by atoms with Crippen molar-refractivity contribution in [3.05, 3.63) is 10.4 Å². The number of azide groups is 1. The van der Waals surface area contributed by atoms with E-state index in [-0.39, 0.29) is 12.1 Å². The monoisotopic (exact) mass is 199 g/mol. The van der Waals surface area contributed by atoms with Crippen LogP contribution in [0.3, 0.4) is 0 Å². The van der Waals surface area contributed by atoms with Gasteiger partial charge in [-0.15, -0.1) is 0 Å². The summed E-state index contributed by atoms with van der Waals surface area (Å²) in [7, 11) is 0. The summed E-state index contributed by atoms with van der Waals surface area (Å²) >= 11 is 0. The van der Waals surface area contributed by atoms with Crippen LogP contribution in [0.5, 0.6) is 0 Å². The number of hydrogen-bond acceptors (Lipinski definition) is 2. The highest BCUT2D eigenvalue weighted by molar-refractivity contribution is 4.84. The maximum absolute atomic E-state index is 8.50. The molecule has 1 saturated heterocycles. The van der Waals surface area contributed by atoms with Gasteiger partial charge in [0.05, 0.1) is 13.5 Å². The van der Waals surface area contributed by atoms with Crippen LogP contribution in [0.2, 0.25) is 0 Å². The fourth-order valence-electron chi connectivity index (χ4n) is 1.82. The van der Waals surface area contributed by atoms with Gasteiger partial charge < -0.3 is 4.74 Å². The van der Waals surface area contributed by atoms with Gasteiger partial charge in [-0.1, -0.05) is 31.8 Å². The van der Waals surface area contributed by atoms with Gasteiger partial charge in [-0.05, 0) is 24.3 Å². The van der Waals surface area contributed by atoms with E-state index in [1.54, 1.807) is 0 Å². The molecule has 4 nitrogen and oxygen atoms in total. The van der Waals surface area contributed by atoms with Crippen molar-refractivity contribution in [3.63, 3.8) is 0 Å². The van der Waals surface area contributed by atoms with Crippen molar-refractivity contribution >= 4 is 0 Å². The van der Waals surface area contributed by atoms with Crippen LogP contribution < -0.4 is 0 Å². The van der Waals surface area contributed by atoms with Gasteiger partial charge in [0.1, 0.15) is 0 Å². The van der Waals surface area contributed by atoms with Crippen molar-refractivity contribution in [3.8, 4) is 0 Å². The molecular formula is C10H19N3O. The highest BCUT2D eigenvalue weighted by Crippen LogP contribution is 2.27. The lowest BCUT2D eigenvalue weighted by atomic mass is 9.95. The lowest BCUT2D eigenvalue weighted by Crippen LogP contribution is -2.28. The van der Waals surface area contributed by atoms with Crippen LogP contribution in [0, 0.1) is 5.92 Å². The van der Waals surface area contributed by atoms with E-state index in [0.717, 1.165) is 25.7 Å². The highest BCUT2D eigenvalue weighted by Gasteiger charge is 2.30. The average Bonchev–Trinajstić information content (AvgIpc) is 2.52. The average molecular weight is 199 g/mol. The van der Waals surface area contributed by atoms with Crippen molar-refractivity contribution in [1.82, 2.24) is 0 Å². The largest absolute Gasteiger partial charge is 0.378 e. The number of unbranched alkanes of at least 4 members (excludes halogenated alkanes) is 1. The summed E-state index contributed by atoms with van der Waals surface area (Å²) < 4.78 is 13.0. The molecule has 0 aliphatic carbocycles. The molecule has 1 fully saturated rings. The van der Waals surface area contributed by atoms with Gasteiger partial charge in [-0.3, -0.25) is 0 Å². The molecule has 1 heterocycles. The van der Waals surface area contributed by atoms with Crippen LogP contribution in [0.1, 0.15) is 40.9 Å². The van der Waals surface area contributed by atoms with Gasteiger partial charge in [0, 0.05) is 11.5 Å². The maximum Gasteiger partial charge on any atom is 0.0686 e. The molecule has 1 rings (SSSR count). The van der Waals surface area contributed by atoms with Crippen LogP contribution >= 0.6 is 0 Å². The Morgan fingerprint density at radius 1 is 1.79 bits per heavy atom. The first-order chi connectivity index (χ1) is 7.19. The van der Waals surface area contributed by atoms with Crippen LogP contribution in [0.15, 0.2) is 5.11 Å². The van der Waals surface area contributed by atoms with Gasteiger partial charge >= 0.3 is 0 Å². The van der Waals surface area contributed by atoms with E-state index >= 15 is 0 Å². The van der Waals surface area contributed by atoms with Gasteiger partial charge in [0.15, 0.2) is 0 Å². The molecule has 0 aromatic rings. The Hall–Kier alpha value is -0.730. The standard InChI is InChI=1S/C10H19N3O/c1-3-4-5-9(12-13-11)10-8(2)6-7-14-10/h8-10H,3-7H2,1-2H3/t8-,9+,10-/m0/s1/i7T/t7-,8+,9-,10+/m1. The van der Waals surface area contributed by atoms with Gasteiger partial charge in [-0.25, -0.2) is 0 Å². The van der Waals surface area contributed by atoms with E-state index in [0.29, 0.717) is 5.92 Å². The van der Waals surface area contributed by atoms with Crippen molar-refractivity contribution in [1.29, 1.82) is 0 Å². The number of rotatable bonds is 5. The highest BCUT2D eigenvalue weighted by atomic mass is 16.5. The van der Waals surface area contributed by atoms with Crippen molar-refractivity contribution in [2.24, 2.45) is 11.0 Å². The summed E-state index contributed by atoms with van der Waals surface area (Å²) in [5, 5.41) is 3.80. The number of hydrogen-bond donors (Lipinski definition) is 0. The Kier molecular flexibility index (Phi) is 4.13. The predicted molar refractivity (Wildman–Crippen MR) is 56.0 cm³/mol. The molecule has 0 amide bonds. The fourth-order valence-corrected chi connectivity index (χ4v) is 1.82. The second-order valence-corrected chi connectivity index (χ2v) is 3.89. The summed E-state index contributed by atoms with van der Waals surface area (Å²) in [5.74, 6) is 0.319. The molecule has 14 heavy (non-hydrogen) atoms. The van der Waals surface area contributed by atoms with Crippen molar-refractivity contribution in [2.75, 3.05) is 6.58 Å². The minimum Gasteiger partial charge on any atom is -0.378 e. The first kappa shape index (κ1) is 9.81. The molecular weight excluding hydrogens is 178 g/mol. The zero-order valence-electron chi connectivity index (χ0n) is 9.89. The van der Waals surface area contributed by atoms with Gasteiger partial charge in [0.25, 0.3) is 0 Å². The van der Waals surface area contributed by atoms with Gasteiger partial charge in [-0.2, -0.15) is 0 Å². The molecule has 4 atom stereocenters. The predicted octanol–water partition coefficient (Wildman–Crippen LogP) is 3.28. The SMILES string of the molecule is [3H][C@@H]1C[C@H](C)[C@@H]([C@@H](CCCC)N=[N+]=[N-])O1. The lowest BCUT2D eigenvalue weighted by Gasteiger charge is -2.21. The van der Waals surface area contributed by atoms with Crippen LogP contribution in [-0.4, -0.2) is 18.7 Å². The minimum absolute atomic E-state index is 0.0602. The molecule has 80 valence electrons. The van der Waals surface area contributed by atoms with Crippen LogP contribution in [0.25, 0.3) is 10.4 Å². The van der Waals surface area contributed by atoms with Crippen molar-refractivity contribution < 1.29 is 6.11 Å². The summed E-state index contributed by atoms with van der Waals surface area (Å²) in [5.41, 5.74) is 8.50. The first-order valence-corrected chi connectivity index (χ1v) is 5.31. The van der Waals surface area contributed by atoms with E-state index in [1.165, 1.54) is 0 Å². The second-order valence-electron chi connectivity index (χ2n) is 3.89. The summed E-state index contributed by atoms with van der Waals surface area (Å²) in [6, 6.07) is -0.0969. The van der Waals surface area contributed by atoms with E-state index in [4.69, 9.17) is 11.6 Å². The zero-order valence-corrected chi connectivity index (χ0v) is 8.89. The smallest absolute Gasteiger partial charge is 0.0686 e. The van der Waals surface area contributed by atoms with Crippen LogP contribution in [-0.2, 0) is 4.74 Å². The molecule has 1 aliphatic rings. The zero-order chi connectivity index (χ0) is 11.3. The first-order valence-electron chi connectivity index (χ1n) is 5.88. The van der Waals surface area contributed by atoms with E-state index in [1.807, 2.05) is 0 Å². The normalized spacial score (nSPS) is 34.7. The lowest BCUT2D eigenvalue weighted by molar-refractivity contribution is 0.0697. The van der Waals surface area contributed by atoms with E-state index in [9.17, 15) is 0 Å². The molecule has 0 unspecified atom stereocenters. The molecule has 0 spiro atoms. The molecule has 0 radical (unpaired) electrons. The number of ether oxygens (including phenoxy) is 1. The van der Waals surface area contributed by atoms with Gasteiger partial charge in [0.2, 0.25) is 0 Å². The van der Waals surface area contributed by atoms with E-state index in [2.05, 4.69) is 23.9 Å². The topological polar surface area (TPSA) is 58.0 Å². The van der Waals surface area contributed by atoms with E-state index < -0.39 is 6.58 Å². The fraction of sp³-hybridized carbons (Fsp3) is 1.00. The molecule has 0 N–H and O–H groups in total. The second kappa shape index (κ2) is 5.89. The Morgan fingerprint density at radius 2 is 2.57 bits per heavy atom. The third kappa shape index (κ3) is 2.89. The Bertz CT molecular complexity index is 243. The summed E-state index contributed by atoms with van der Waals surface area (Å²) in [6.45, 7) is 3.73. The third-order valence-corrected chi connectivity index (χ3v) is 2.71. The molecule has 0 aromatic heterocycles. The Labute approximate surface area is 86.7 Å². The maximum atomic E-state index is 8.50. The molecule has 4 heteroatoms. The third-order valence-electron chi connectivity index (χ3n) is 2.71. The molecule has 1 aliphatic heterocycles. The summed E-state index contributed by atoms with van der Waals surface area (Å²) in [4.78, 5) is 2.88. The molecule has 0 saturated carbocycles. The quantitative estimate of drug-likeness (QED) is 0.381. The minimum atomic E-state index is -0.442. The van der Waals surface area contributed by atoms with Crippen LogP contribution in [0.4, 0.5) is 0 Å². The Balaban J connectivity index is 2.58. The summed E-state index contributed by atoms with van der Waals surface area (Å²) in [6.07, 6.45) is 3.67. The number of nitrogens with zero attached hydrogens (tertiary/aromatic N) is 3. The Morgan fingerprint density at radius 3 is 3.07 bits per heavy atom. The molecule has 0 aromatic carbocycles. The van der Waals surface area contributed by atoms with Crippen molar-refractivity contribution in [2.45, 2.75) is 51.7 Å².